The van der Waals surface area contributed by atoms with Gasteiger partial charge in [-0.3, -0.25) is 9.59 Å². The highest BCUT2D eigenvalue weighted by atomic mass is 19.3. The minimum Gasteiger partial charge on any atom is -0.393 e. The Labute approximate surface area is 172 Å². The van der Waals surface area contributed by atoms with Gasteiger partial charge in [0, 0.05) is 25.0 Å². The number of aromatic nitrogens is 1. The molecule has 162 valence electrons. The third-order valence-corrected chi connectivity index (χ3v) is 5.35. The first-order valence-electron chi connectivity index (χ1n) is 9.69. The summed E-state index contributed by atoms with van der Waals surface area (Å²) >= 11 is 0. The summed E-state index contributed by atoms with van der Waals surface area (Å²) in [5, 5.41) is 14.3. The van der Waals surface area contributed by atoms with Crippen molar-refractivity contribution in [2.75, 3.05) is 5.32 Å². The van der Waals surface area contributed by atoms with Crippen molar-refractivity contribution in [2.24, 2.45) is 7.05 Å². The van der Waals surface area contributed by atoms with Crippen molar-refractivity contribution in [2.45, 2.75) is 50.7 Å². The summed E-state index contributed by atoms with van der Waals surface area (Å²) in [5.74, 6) is -6.71. The van der Waals surface area contributed by atoms with Gasteiger partial charge < -0.3 is 20.3 Å². The predicted molar refractivity (Wildman–Crippen MR) is 105 cm³/mol. The fraction of sp³-hybridized carbons (Fsp3) is 0.429. The fourth-order valence-corrected chi connectivity index (χ4v) is 3.63. The molecule has 0 aliphatic heterocycles. The molecule has 3 rings (SSSR count). The van der Waals surface area contributed by atoms with E-state index in [4.69, 9.17) is 0 Å². The predicted octanol–water partition coefficient (Wildman–Crippen LogP) is 3.24. The van der Waals surface area contributed by atoms with Crippen LogP contribution < -0.4 is 10.6 Å². The lowest BCUT2D eigenvalue weighted by atomic mass is 9.93. The van der Waals surface area contributed by atoms with E-state index in [0.29, 0.717) is 31.2 Å². The van der Waals surface area contributed by atoms with Crippen LogP contribution >= 0.6 is 0 Å². The summed E-state index contributed by atoms with van der Waals surface area (Å²) < 4.78 is 44.5. The Hall–Kier alpha value is -2.81. The molecule has 1 aliphatic carbocycles. The Balaban J connectivity index is 1.80. The van der Waals surface area contributed by atoms with Gasteiger partial charge in [0.1, 0.15) is 11.5 Å². The Morgan fingerprint density at radius 3 is 2.47 bits per heavy atom. The molecule has 1 fully saturated rings. The van der Waals surface area contributed by atoms with E-state index in [-0.39, 0.29) is 11.3 Å². The van der Waals surface area contributed by atoms with Crippen LogP contribution in [0.15, 0.2) is 30.5 Å². The van der Waals surface area contributed by atoms with Crippen molar-refractivity contribution >= 4 is 17.5 Å². The fourth-order valence-electron chi connectivity index (χ4n) is 3.63. The van der Waals surface area contributed by atoms with Gasteiger partial charge in [0.2, 0.25) is 0 Å². The van der Waals surface area contributed by atoms with E-state index in [1.807, 2.05) is 0 Å². The number of aryl methyl sites for hydroxylation is 2. The summed E-state index contributed by atoms with van der Waals surface area (Å²) in [6.45, 7) is 1.52. The summed E-state index contributed by atoms with van der Waals surface area (Å²) in [6.07, 6.45) is 2.49. The Bertz CT molecular complexity index is 950. The van der Waals surface area contributed by atoms with Crippen LogP contribution in [0.4, 0.5) is 18.9 Å². The number of hydrogen-bond donors (Lipinski definition) is 3. The molecular formula is C21H24F3N3O3. The molecule has 2 amide bonds. The second-order valence-electron chi connectivity index (χ2n) is 7.66. The number of aliphatic hydroxyl groups is 1. The molecule has 0 bridgehead atoms. The van der Waals surface area contributed by atoms with Crippen molar-refractivity contribution in [3.05, 3.63) is 53.1 Å². The van der Waals surface area contributed by atoms with Gasteiger partial charge in [-0.1, -0.05) is 0 Å². The zero-order chi connectivity index (χ0) is 22.1. The number of rotatable bonds is 5. The number of nitrogens with one attached hydrogen (secondary N) is 2. The van der Waals surface area contributed by atoms with Crippen LogP contribution in [0.25, 0.3) is 0 Å². The van der Waals surface area contributed by atoms with E-state index in [9.17, 15) is 19.1 Å². The van der Waals surface area contributed by atoms with Crippen molar-refractivity contribution < 1.29 is 27.9 Å². The first kappa shape index (κ1) is 21.9. The molecule has 0 spiro atoms. The molecule has 0 atom stereocenters. The maximum absolute atomic E-state index is 15.0. The first-order chi connectivity index (χ1) is 14.1. The van der Waals surface area contributed by atoms with Gasteiger partial charge in [-0.15, -0.1) is 0 Å². The van der Waals surface area contributed by atoms with Crippen LogP contribution in [0.2, 0.25) is 0 Å². The number of carbonyl (C=O) groups excluding carboxylic acids is 2. The molecule has 6 nitrogen and oxygen atoms in total. The van der Waals surface area contributed by atoms with E-state index in [1.165, 1.54) is 44.4 Å². The average Bonchev–Trinajstić information content (AvgIpc) is 3.09. The van der Waals surface area contributed by atoms with Crippen LogP contribution in [0.5, 0.6) is 0 Å². The lowest BCUT2D eigenvalue weighted by Gasteiger charge is -2.28. The molecule has 1 saturated carbocycles. The molecule has 2 aromatic rings. The molecule has 1 aromatic carbocycles. The highest BCUT2D eigenvalue weighted by Crippen LogP contribution is 2.33. The number of benzene rings is 1. The van der Waals surface area contributed by atoms with Crippen LogP contribution in [-0.4, -0.2) is 33.6 Å². The topological polar surface area (TPSA) is 83.4 Å². The van der Waals surface area contributed by atoms with Gasteiger partial charge in [-0.05, 0) is 62.4 Å². The maximum Gasteiger partial charge on any atom is 0.364 e. The van der Waals surface area contributed by atoms with Crippen molar-refractivity contribution in [1.82, 2.24) is 9.88 Å². The van der Waals surface area contributed by atoms with Gasteiger partial charge in [-0.2, -0.15) is 8.78 Å². The van der Waals surface area contributed by atoms with Crippen LogP contribution in [-0.2, 0) is 17.8 Å². The minimum atomic E-state index is -3.94. The molecular weight excluding hydrogens is 399 g/mol. The first-order valence-corrected chi connectivity index (χ1v) is 9.69. The van der Waals surface area contributed by atoms with Crippen molar-refractivity contribution in [1.29, 1.82) is 0 Å². The van der Waals surface area contributed by atoms with Crippen LogP contribution in [0.3, 0.4) is 0 Å². The van der Waals surface area contributed by atoms with Gasteiger partial charge in [0.15, 0.2) is 0 Å². The lowest BCUT2D eigenvalue weighted by molar-refractivity contribution is -0.149. The molecule has 30 heavy (non-hydrogen) atoms. The minimum absolute atomic E-state index is 0.252. The Morgan fingerprint density at radius 1 is 1.17 bits per heavy atom. The Morgan fingerprint density at radius 2 is 1.83 bits per heavy atom. The van der Waals surface area contributed by atoms with E-state index >= 15 is 8.78 Å². The summed E-state index contributed by atoms with van der Waals surface area (Å²) in [4.78, 5) is 25.0. The largest absolute Gasteiger partial charge is 0.393 e. The average molecular weight is 423 g/mol. The zero-order valence-corrected chi connectivity index (χ0v) is 16.7. The normalized spacial score (nSPS) is 19.4. The maximum atomic E-state index is 15.0. The molecule has 0 unspecified atom stereocenters. The van der Waals surface area contributed by atoms with Gasteiger partial charge >= 0.3 is 5.92 Å². The van der Waals surface area contributed by atoms with Gasteiger partial charge in [0.25, 0.3) is 11.8 Å². The zero-order valence-electron chi connectivity index (χ0n) is 16.7. The molecule has 9 heteroatoms. The number of aliphatic hydroxyl groups excluding tert-OH is 1. The number of carbonyl (C=O) groups is 2. The second-order valence-corrected chi connectivity index (χ2v) is 7.66. The summed E-state index contributed by atoms with van der Waals surface area (Å²) in [7, 11) is 1.33. The van der Waals surface area contributed by atoms with Gasteiger partial charge in [0.05, 0.1) is 11.7 Å². The number of anilines is 1. The number of hydrogen-bond acceptors (Lipinski definition) is 3. The van der Waals surface area contributed by atoms with Crippen LogP contribution in [0, 0.1) is 12.7 Å². The third kappa shape index (κ3) is 4.51. The third-order valence-electron chi connectivity index (χ3n) is 5.35. The van der Waals surface area contributed by atoms with E-state index in [0.717, 1.165) is 4.57 Å². The monoisotopic (exact) mass is 423 g/mol. The quantitative estimate of drug-likeness (QED) is 0.691. The van der Waals surface area contributed by atoms with Crippen molar-refractivity contribution in [3.8, 4) is 0 Å². The molecule has 0 saturated heterocycles. The molecule has 1 heterocycles. The SMILES string of the molecule is Cc1cc(NC(=O)c2ccn(C)c2C(F)(F)C(=O)NC2CCC(O)CC2)ccc1F. The standard InChI is InChI=1S/C21H24F3N3O3/c1-12-11-14(5-8-17(12)22)25-19(29)16-9-10-27(2)18(16)21(23,24)20(30)26-13-3-6-15(28)7-4-13/h5,8-11,13,15,28H,3-4,6-7H2,1-2H3,(H,25,29)(H,26,30). The molecule has 1 aromatic heterocycles. The van der Waals surface area contributed by atoms with E-state index < -0.39 is 41.4 Å². The second kappa shape index (κ2) is 8.51. The number of nitrogens with zero attached hydrogens (tertiary/aromatic N) is 1. The Kier molecular flexibility index (Phi) is 6.21. The van der Waals surface area contributed by atoms with Gasteiger partial charge in [-0.25, -0.2) is 4.39 Å². The number of alkyl halides is 2. The highest BCUT2D eigenvalue weighted by molar-refractivity contribution is 6.06. The summed E-state index contributed by atoms with van der Waals surface area (Å²) in [5.41, 5.74) is -0.531. The van der Waals surface area contributed by atoms with Crippen LogP contribution in [0.1, 0.15) is 47.3 Å². The van der Waals surface area contributed by atoms with Crippen molar-refractivity contribution in [3.63, 3.8) is 0 Å². The molecule has 0 radical (unpaired) electrons. The summed E-state index contributed by atoms with van der Waals surface area (Å²) in [6, 6.07) is 4.63. The number of amides is 2. The van der Waals surface area contributed by atoms with E-state index in [1.54, 1.807) is 0 Å². The number of halogens is 3. The molecule has 3 N–H and O–H groups in total. The molecule has 1 aliphatic rings. The smallest absolute Gasteiger partial charge is 0.364 e. The lowest BCUT2D eigenvalue weighted by Crippen LogP contribution is -2.46. The van der Waals surface area contributed by atoms with E-state index in [2.05, 4.69) is 10.6 Å². The highest BCUT2D eigenvalue weighted by Gasteiger charge is 2.46.